The van der Waals surface area contributed by atoms with E-state index in [0.29, 0.717) is 71.1 Å². The number of carbonyl (C=O) groups is 11. The zero-order chi connectivity index (χ0) is 107. The number of nitrogens with one attached hydrogen (secondary N) is 3. The summed E-state index contributed by atoms with van der Waals surface area (Å²) >= 11 is 30.0. The predicted molar refractivity (Wildman–Crippen MR) is 571 cm³/mol. The molecule has 0 radical (unpaired) electrons. The first-order chi connectivity index (χ1) is 68.5. The molecule has 8 aliphatic rings. The standard InChI is InChI=1S/C47H64Br2ClN7O11S.C37H50ClN3O12S.C10H16Br2N4.C2HF3O.3CH4/c1-27-10-9-11-37(65-8)47(63)22-36(66-45(62)51-47)28(2)43-46(4,68-43)38(21-40(59)55(6)33-19-31(18-27)20-35(64-7)42(33)50)67-44(61)29(3)54(5)39(58)14-17-69-26-41(60)56-15-12-30(13-16-56)25-57-34(24-49)32(23-48)52-53-57;1-20-10-9-11-27(50-8)37(48)18-26(51-35(47)39-37)21(2)33-36(4,53-33)28(52-34(46)22(3)40(5)29(42)12-13-54-19-31(44)45)17-30(43)41(6)24-15-23(14-20)16-25(49-7)32(24)38;11-5-9-10(6-12)16(15-14-9)7-8-1-3-13-4-2-8;3-2(4,5)1-6;;;/h9-11,19-20,28-30,36-38,43,63H,12-18,21-26H2,1-8H3,(H,51,62);9-11,15-16,21-22,26-28,33,48H,12-14,17-19H2,1-8H3,(H,39,47)(H,44,45);8,13H,1-7H2;1H;3*1H4/b11-9+,27-10+;11-9+,20-10+;;;;;/t28-,29+,36+,37-,38+,43+,46+,47+;21-,22+,26+,27-,28+,33+,36+,37+;;;;;/m11...../s1. The molecule has 49 heteroatoms. The van der Waals surface area contributed by atoms with Gasteiger partial charge in [0, 0.05) is 139 Å². The van der Waals surface area contributed by atoms with Crippen LogP contribution in [0.1, 0.15) is 176 Å². The highest BCUT2D eigenvalue weighted by Crippen LogP contribution is 2.52. The van der Waals surface area contributed by atoms with Crippen LogP contribution < -0.4 is 35.2 Å². The molecular formula is C99H143Br4Cl2F3N14O24S2. The van der Waals surface area contributed by atoms with E-state index in [0.717, 1.165) is 107 Å². The number of carbonyl (C=O) groups excluding carboxylic acids is 10. The van der Waals surface area contributed by atoms with Crippen LogP contribution in [0.4, 0.5) is 34.1 Å². The summed E-state index contributed by atoms with van der Waals surface area (Å²) in [5.74, 6) is -2.81. The molecule has 2 aromatic carbocycles. The Labute approximate surface area is 915 Å². The maximum absolute atomic E-state index is 14.3. The highest BCUT2D eigenvalue weighted by Gasteiger charge is 2.67. The highest BCUT2D eigenvalue weighted by molar-refractivity contribution is 9.09. The van der Waals surface area contributed by atoms with Crippen molar-refractivity contribution in [3.05, 3.63) is 116 Å². The van der Waals surface area contributed by atoms with E-state index in [2.05, 4.69) is 105 Å². The number of fused-ring (bicyclic) bond motifs is 10. The number of halogens is 9. The number of aliphatic hydroxyl groups is 2. The van der Waals surface area contributed by atoms with Gasteiger partial charge in [0.1, 0.15) is 81.5 Å². The fraction of sp³-hybridized carbons (Fsp3) is 0.646. The molecule has 8 bridgehead atoms. The first kappa shape index (κ1) is 129. The predicted octanol–water partition coefficient (Wildman–Crippen LogP) is 14.4. The lowest BCUT2D eigenvalue weighted by atomic mass is 9.83. The van der Waals surface area contributed by atoms with Crippen molar-refractivity contribution in [2.24, 2.45) is 23.7 Å². The second kappa shape index (κ2) is 58.3. The van der Waals surface area contributed by atoms with Crippen LogP contribution in [0.15, 0.2) is 71.9 Å². The van der Waals surface area contributed by atoms with Gasteiger partial charge in [-0.15, -0.1) is 22.0 Å². The van der Waals surface area contributed by atoms with Crippen LogP contribution in [0, 0.1) is 23.7 Å². The monoisotopic (exact) mass is 2420 g/mol. The van der Waals surface area contributed by atoms with Crippen LogP contribution in [0.5, 0.6) is 11.5 Å². The number of nitrogens with zero attached hydrogens (tertiary/aromatic N) is 11. The van der Waals surface area contributed by atoms with Crippen LogP contribution in [-0.4, -0.2) is 321 Å². The number of aromatic nitrogens is 6. The summed E-state index contributed by atoms with van der Waals surface area (Å²) in [4.78, 5) is 148. The number of epoxide rings is 2. The molecule has 6 N–H and O–H groups in total. The van der Waals surface area contributed by atoms with Crippen LogP contribution in [0.25, 0.3) is 0 Å². The fourth-order valence-corrected chi connectivity index (χ4v) is 22.1. The molecule has 148 heavy (non-hydrogen) atoms. The summed E-state index contributed by atoms with van der Waals surface area (Å²) in [6, 6.07) is 4.98. The first-order valence-corrected chi connectivity index (χ1v) is 54.7. The molecule has 0 saturated carbocycles. The number of likely N-dealkylation sites (N-methyl/N-ethyl adjacent to an activating group) is 2. The van der Waals surface area contributed by atoms with Gasteiger partial charge in [-0.1, -0.05) is 181 Å². The largest absolute Gasteiger partial charge is 0.495 e. The van der Waals surface area contributed by atoms with E-state index in [1.807, 2.05) is 35.6 Å². The number of anilines is 2. The Morgan fingerprint density at radius 1 is 0.622 bits per heavy atom. The molecule has 8 aliphatic heterocycles. The van der Waals surface area contributed by atoms with Gasteiger partial charge in [-0.3, -0.25) is 44.2 Å². The molecule has 0 unspecified atom stereocenters. The van der Waals surface area contributed by atoms with E-state index >= 15 is 0 Å². The number of carboxylic acids is 1. The number of allylic oxidation sites excluding steroid dienone is 6. The number of amides is 7. The number of aldehydes is 1. The van der Waals surface area contributed by atoms with E-state index in [9.17, 15) is 71.3 Å². The second-order valence-corrected chi connectivity index (χ2v) is 42.6. The Balaban J connectivity index is 0.000000373. The minimum atomic E-state index is -4.64. The average molecular weight is 2420 g/mol. The SMILES string of the molecule is BrCc1nnn(CC2CCNCC2)c1CBr.C.C.C.COc1cc2cc(c1Cl)N(C)C(=O)C[C@H](OC(=O)[C@H](C)N(C)C(=O)CCSCC(=O)N1CCC(Cn3nnc(CBr)c3CBr)CC1)[C@]1(C)O[C@H]1[C@H](C)[C@@H]1C[C@@](O)(NC(=O)O1)[C@H](OC)/C=C/C=C(\C)C2.COc1cc2cc(c1Cl)N(C)C(=O)C[C@H](OC(=O)[C@H](C)N(C)C(=O)CCSCC(=O)O)[C@]1(C)O[C@H]1[C@H](C)[C@@H]1C[C@@](O)(NC(=O)O1)[C@H](OC)/C=C/C=C(\C)C2.O=CC(F)(F)F. The highest BCUT2D eigenvalue weighted by atomic mass is 79.9. The molecule has 828 valence electrons. The van der Waals surface area contributed by atoms with Crippen LogP contribution in [0.2, 0.25) is 10.0 Å². The van der Waals surface area contributed by atoms with Gasteiger partial charge >= 0.3 is 36.3 Å². The Kier molecular flexibility index (Phi) is 50.7. The van der Waals surface area contributed by atoms with Gasteiger partial charge < -0.3 is 92.5 Å². The maximum atomic E-state index is 14.3. The van der Waals surface area contributed by atoms with Crippen LogP contribution in [-0.2, 0) is 128 Å². The molecule has 6 saturated heterocycles. The van der Waals surface area contributed by atoms with Crippen molar-refractivity contribution in [3.63, 3.8) is 0 Å². The lowest BCUT2D eigenvalue weighted by Crippen LogP contribution is -2.63. The zero-order valence-electron chi connectivity index (χ0n) is 83.9. The second-order valence-electron chi connectivity index (χ2n) is 37.3. The van der Waals surface area contributed by atoms with Crippen molar-refractivity contribution in [3.8, 4) is 11.5 Å². The summed E-state index contributed by atoms with van der Waals surface area (Å²) in [6.07, 6.45) is -0.116. The summed E-state index contributed by atoms with van der Waals surface area (Å²) in [5.41, 5.74) is 2.12. The normalized spacial score (nSPS) is 26.8. The molecule has 12 rings (SSSR count). The number of alkyl carbamates (subject to hydrolysis) is 2. The number of piperidine rings is 2. The Bertz CT molecular complexity index is 5340. The zero-order valence-corrected chi connectivity index (χ0v) is 93.4. The van der Waals surface area contributed by atoms with E-state index in [1.54, 1.807) is 97.3 Å². The number of likely N-dealkylation sites (tertiary alicyclic amines) is 1. The lowest BCUT2D eigenvalue weighted by Gasteiger charge is -2.42. The van der Waals surface area contributed by atoms with Crippen molar-refractivity contribution in [1.82, 2.24) is 60.6 Å². The molecule has 4 aromatic rings. The third-order valence-corrected chi connectivity index (χ3v) is 32.0. The molecule has 16 atom stereocenters. The lowest BCUT2D eigenvalue weighted by molar-refractivity contribution is -0.162. The van der Waals surface area contributed by atoms with Gasteiger partial charge in [0.05, 0.1) is 84.9 Å². The summed E-state index contributed by atoms with van der Waals surface area (Å²) in [5, 5.41) is 61.2. The molecule has 10 heterocycles. The average Bonchev–Trinajstić information content (AvgIpc) is 1.57. The van der Waals surface area contributed by atoms with Crippen LogP contribution in [0.3, 0.4) is 0 Å². The minimum absolute atomic E-state index is 0. The molecule has 2 aromatic heterocycles. The van der Waals surface area contributed by atoms with E-state index in [-0.39, 0.29) is 99.9 Å². The van der Waals surface area contributed by atoms with Crippen LogP contribution >= 0.6 is 110 Å². The molecule has 7 amide bonds. The molecule has 0 aliphatic carbocycles. The smallest absolute Gasteiger partial charge is 0.446 e. The number of hydrogen-bond donors (Lipinski definition) is 6. The molecule has 38 nitrogen and oxygen atoms in total. The molecule has 6 fully saturated rings. The van der Waals surface area contributed by atoms with Gasteiger partial charge in [0.2, 0.25) is 35.8 Å². The number of rotatable bonds is 28. The number of thioether (sulfide) groups is 2. The molecular weight excluding hydrogens is 2280 g/mol. The number of alkyl halides is 7. The third-order valence-electron chi connectivity index (χ3n) is 27.2. The van der Waals surface area contributed by atoms with Gasteiger partial charge in [0.25, 0.3) is 0 Å². The summed E-state index contributed by atoms with van der Waals surface area (Å²) < 4.78 is 93.8. The number of carboxylic acid groups (broad SMARTS) is 1. The number of esters is 2. The Morgan fingerprint density at radius 3 is 1.35 bits per heavy atom. The summed E-state index contributed by atoms with van der Waals surface area (Å²) in [7, 11) is 11.9. The quantitative estimate of drug-likeness (QED) is 0.00768. The van der Waals surface area contributed by atoms with Gasteiger partial charge in [-0.25, -0.2) is 28.5 Å². The Morgan fingerprint density at radius 2 is 1.00 bits per heavy atom. The van der Waals surface area contributed by atoms with Gasteiger partial charge in [0.15, 0.2) is 11.4 Å². The molecule has 0 spiro atoms. The topological polar surface area (TPSA) is 461 Å². The van der Waals surface area contributed by atoms with E-state index in [4.69, 9.17) is 80.5 Å². The minimum Gasteiger partial charge on any atom is -0.495 e. The third kappa shape index (κ3) is 34.2. The number of aliphatic carboxylic acids is 1. The van der Waals surface area contributed by atoms with Gasteiger partial charge in [-0.05, 0) is 140 Å². The first-order valence-electron chi connectivity index (χ1n) is 47.2. The number of benzene rings is 2. The van der Waals surface area contributed by atoms with E-state index < -0.39 is 156 Å². The van der Waals surface area contributed by atoms with Crippen molar-refractivity contribution in [2.45, 2.75) is 279 Å². The van der Waals surface area contributed by atoms with Gasteiger partial charge in [-0.2, -0.15) is 24.9 Å². The van der Waals surface area contributed by atoms with Crippen molar-refractivity contribution in [1.29, 1.82) is 0 Å². The van der Waals surface area contributed by atoms with E-state index in [1.165, 1.54) is 99.4 Å². The summed E-state index contributed by atoms with van der Waals surface area (Å²) in [6.45, 7) is 19.1. The maximum Gasteiger partial charge on any atom is 0.446 e. The van der Waals surface area contributed by atoms with Crippen molar-refractivity contribution >= 4 is 188 Å². The number of hydrogen-bond acceptors (Lipinski definition) is 30. The number of methoxy groups -OCH3 is 4. The number of ether oxygens (including phenoxy) is 10. The fourth-order valence-electron chi connectivity index (χ4n) is 18.0. The van der Waals surface area contributed by atoms with Crippen molar-refractivity contribution < 1.29 is 129 Å². The van der Waals surface area contributed by atoms with Crippen molar-refractivity contribution in [2.75, 3.05) is 116 Å². The Hall–Kier alpha value is -8.04.